The molecule has 0 spiro atoms. The number of nitrogens with one attached hydrogen (secondary N) is 1. The molecule has 2 aliphatic rings. The van der Waals surface area contributed by atoms with Crippen molar-refractivity contribution < 1.29 is 4.74 Å². The van der Waals surface area contributed by atoms with Gasteiger partial charge in [-0.05, 0) is 50.8 Å². The van der Waals surface area contributed by atoms with Crippen LogP contribution in [-0.2, 0) is 24.2 Å². The molecule has 2 aromatic rings. The van der Waals surface area contributed by atoms with Gasteiger partial charge < -0.3 is 9.64 Å². The minimum absolute atomic E-state index is 0.0117. The number of anilines is 1. The quantitative estimate of drug-likeness (QED) is 0.884. The van der Waals surface area contributed by atoms with Crippen LogP contribution in [0.15, 0.2) is 23.0 Å². The lowest BCUT2D eigenvalue weighted by atomic mass is 10.0. The maximum atomic E-state index is 12.7. The number of H-pyrrole nitrogens is 1. The Morgan fingerprint density at radius 1 is 1.18 bits per heavy atom. The van der Waals surface area contributed by atoms with Crippen LogP contribution in [0.2, 0.25) is 0 Å². The third kappa shape index (κ3) is 3.98. The van der Waals surface area contributed by atoms with Crippen molar-refractivity contribution in [1.82, 2.24) is 14.9 Å². The molecule has 150 valence electrons. The summed E-state index contributed by atoms with van der Waals surface area (Å²) in [5.41, 5.74) is 5.72. The van der Waals surface area contributed by atoms with Crippen LogP contribution in [0, 0.1) is 13.8 Å². The van der Waals surface area contributed by atoms with Crippen LogP contribution in [0.1, 0.15) is 41.8 Å². The lowest BCUT2D eigenvalue weighted by Crippen LogP contribution is -2.47. The largest absolute Gasteiger partial charge is 0.372 e. The number of morpholine rings is 1. The lowest BCUT2D eigenvalue weighted by molar-refractivity contribution is -0.00576. The summed E-state index contributed by atoms with van der Waals surface area (Å²) in [5.74, 6) is 0.679. The summed E-state index contributed by atoms with van der Waals surface area (Å²) in [6, 6.07) is 6.65. The molecular formula is C22H30N4O2. The van der Waals surface area contributed by atoms with Gasteiger partial charge in [0, 0.05) is 38.3 Å². The number of fused-ring (bicyclic) bond motifs is 1. The van der Waals surface area contributed by atoms with E-state index in [1.165, 1.54) is 16.7 Å². The van der Waals surface area contributed by atoms with E-state index in [-0.39, 0.29) is 17.8 Å². The van der Waals surface area contributed by atoms with Crippen LogP contribution >= 0.6 is 0 Å². The maximum Gasteiger partial charge on any atom is 0.255 e. The molecule has 2 atom stereocenters. The average Bonchev–Trinajstić information content (AvgIpc) is 2.63. The fraction of sp³-hybridized carbons (Fsp3) is 0.545. The highest BCUT2D eigenvalue weighted by Gasteiger charge is 2.27. The lowest BCUT2D eigenvalue weighted by Gasteiger charge is -2.36. The highest BCUT2D eigenvalue weighted by molar-refractivity contribution is 5.36. The third-order valence-electron chi connectivity index (χ3n) is 5.84. The number of aryl methyl sites for hydroxylation is 2. The Hall–Kier alpha value is -2.18. The molecule has 1 aromatic heterocycles. The van der Waals surface area contributed by atoms with Gasteiger partial charge in [0.15, 0.2) is 0 Å². The molecule has 2 aliphatic heterocycles. The summed E-state index contributed by atoms with van der Waals surface area (Å²) >= 11 is 0. The maximum absolute atomic E-state index is 12.7. The SMILES string of the molecule is Cc1ccc(CN2CCc3c(nc(N4C[C@H](C)O[C@@H](C)C4)[nH]c3=O)C2)cc1C. The van der Waals surface area contributed by atoms with Crippen molar-refractivity contribution in [2.75, 3.05) is 24.5 Å². The molecular weight excluding hydrogens is 352 g/mol. The second-order valence-electron chi connectivity index (χ2n) is 8.36. The van der Waals surface area contributed by atoms with Gasteiger partial charge in [0.2, 0.25) is 5.95 Å². The molecule has 0 aliphatic carbocycles. The van der Waals surface area contributed by atoms with E-state index >= 15 is 0 Å². The van der Waals surface area contributed by atoms with E-state index < -0.39 is 0 Å². The minimum atomic E-state index is 0.0117. The summed E-state index contributed by atoms with van der Waals surface area (Å²) in [7, 11) is 0. The van der Waals surface area contributed by atoms with Gasteiger partial charge >= 0.3 is 0 Å². The third-order valence-corrected chi connectivity index (χ3v) is 5.84. The van der Waals surface area contributed by atoms with Crippen LogP contribution in [0.3, 0.4) is 0 Å². The number of hydrogen-bond donors (Lipinski definition) is 1. The zero-order chi connectivity index (χ0) is 19.8. The van der Waals surface area contributed by atoms with Crippen LogP contribution in [-0.4, -0.2) is 46.7 Å². The number of hydrogen-bond acceptors (Lipinski definition) is 5. The van der Waals surface area contributed by atoms with Gasteiger partial charge in [-0.25, -0.2) is 4.98 Å². The Morgan fingerprint density at radius 2 is 1.93 bits per heavy atom. The number of aromatic amines is 1. The molecule has 0 radical (unpaired) electrons. The van der Waals surface area contributed by atoms with E-state index in [1.807, 2.05) is 0 Å². The van der Waals surface area contributed by atoms with E-state index in [9.17, 15) is 4.79 Å². The fourth-order valence-corrected chi connectivity index (χ4v) is 4.28. The molecule has 0 saturated carbocycles. The second kappa shape index (κ2) is 7.68. The van der Waals surface area contributed by atoms with E-state index in [4.69, 9.17) is 9.72 Å². The van der Waals surface area contributed by atoms with Crippen LogP contribution < -0.4 is 10.5 Å². The molecule has 1 fully saturated rings. The highest BCUT2D eigenvalue weighted by atomic mass is 16.5. The van der Waals surface area contributed by atoms with Crippen molar-refractivity contribution in [2.45, 2.75) is 59.4 Å². The second-order valence-corrected chi connectivity index (χ2v) is 8.36. The van der Waals surface area contributed by atoms with Gasteiger partial charge in [-0.3, -0.25) is 14.7 Å². The smallest absolute Gasteiger partial charge is 0.255 e. The van der Waals surface area contributed by atoms with Crippen molar-refractivity contribution in [3.63, 3.8) is 0 Å². The Morgan fingerprint density at radius 3 is 2.64 bits per heavy atom. The van der Waals surface area contributed by atoms with Gasteiger partial charge in [-0.2, -0.15) is 0 Å². The first-order valence-electron chi connectivity index (χ1n) is 10.2. The number of aromatic nitrogens is 2. The first kappa shape index (κ1) is 19.2. The molecule has 1 aromatic carbocycles. The molecule has 0 unspecified atom stereocenters. The Labute approximate surface area is 166 Å². The molecule has 6 heteroatoms. The molecule has 1 saturated heterocycles. The molecule has 0 amide bonds. The molecule has 4 rings (SSSR count). The van der Waals surface area contributed by atoms with Crippen LogP contribution in [0.5, 0.6) is 0 Å². The Bertz CT molecular complexity index is 913. The fourth-order valence-electron chi connectivity index (χ4n) is 4.28. The number of nitrogens with zero attached hydrogens (tertiary/aromatic N) is 3. The normalized spacial score (nSPS) is 22.9. The van der Waals surface area contributed by atoms with Crippen molar-refractivity contribution in [1.29, 1.82) is 0 Å². The van der Waals surface area contributed by atoms with Crippen LogP contribution in [0.25, 0.3) is 0 Å². The predicted molar refractivity (Wildman–Crippen MR) is 111 cm³/mol. The highest BCUT2D eigenvalue weighted by Crippen LogP contribution is 2.21. The Kier molecular flexibility index (Phi) is 5.25. The topological polar surface area (TPSA) is 61.5 Å². The molecule has 6 nitrogen and oxygen atoms in total. The zero-order valence-corrected chi connectivity index (χ0v) is 17.3. The van der Waals surface area contributed by atoms with Gasteiger partial charge in [0.1, 0.15) is 0 Å². The summed E-state index contributed by atoms with van der Waals surface area (Å²) < 4.78 is 5.81. The van der Waals surface area contributed by atoms with E-state index in [0.717, 1.165) is 43.9 Å². The van der Waals surface area contributed by atoms with Crippen molar-refractivity contribution in [2.24, 2.45) is 0 Å². The summed E-state index contributed by atoms with van der Waals surface area (Å²) in [4.78, 5) is 25.1. The van der Waals surface area contributed by atoms with Crippen molar-refractivity contribution in [3.8, 4) is 0 Å². The average molecular weight is 383 g/mol. The molecule has 3 heterocycles. The summed E-state index contributed by atoms with van der Waals surface area (Å²) in [6.07, 6.45) is 1.01. The van der Waals surface area contributed by atoms with Gasteiger partial charge in [0.25, 0.3) is 5.56 Å². The minimum Gasteiger partial charge on any atom is -0.372 e. The van der Waals surface area contributed by atoms with Gasteiger partial charge in [-0.1, -0.05) is 18.2 Å². The van der Waals surface area contributed by atoms with E-state index in [1.54, 1.807) is 0 Å². The number of ether oxygens (including phenoxy) is 1. The van der Waals surface area contributed by atoms with Gasteiger partial charge in [0.05, 0.1) is 17.9 Å². The predicted octanol–water partition coefficient (Wildman–Crippen LogP) is 2.56. The first-order chi connectivity index (χ1) is 13.4. The summed E-state index contributed by atoms with van der Waals surface area (Å²) in [5, 5.41) is 0. The monoisotopic (exact) mass is 382 g/mol. The zero-order valence-electron chi connectivity index (χ0n) is 17.3. The van der Waals surface area contributed by atoms with Crippen molar-refractivity contribution >= 4 is 5.95 Å². The Balaban J connectivity index is 1.54. The molecule has 0 bridgehead atoms. The van der Waals surface area contributed by atoms with E-state index in [2.05, 4.69) is 60.7 Å². The number of benzene rings is 1. The summed E-state index contributed by atoms with van der Waals surface area (Å²) in [6.45, 7) is 12.4. The van der Waals surface area contributed by atoms with Gasteiger partial charge in [-0.15, -0.1) is 0 Å². The van der Waals surface area contributed by atoms with Crippen molar-refractivity contribution in [3.05, 3.63) is 56.5 Å². The van der Waals surface area contributed by atoms with E-state index in [0.29, 0.717) is 12.5 Å². The molecule has 28 heavy (non-hydrogen) atoms. The molecule has 1 N–H and O–H groups in total. The number of rotatable bonds is 3. The standard InChI is InChI=1S/C22H30N4O2/c1-14-5-6-18(9-15(14)2)12-25-8-7-19-20(13-25)23-22(24-21(19)27)26-10-16(3)28-17(4)11-26/h5-6,9,16-17H,7-8,10-13H2,1-4H3,(H,23,24,27)/t16-,17-/m0/s1. The first-order valence-corrected chi connectivity index (χ1v) is 10.2. The van der Waals surface area contributed by atoms with Crippen LogP contribution in [0.4, 0.5) is 5.95 Å².